The minimum atomic E-state index is -4.50. The minimum absolute atomic E-state index is 0.00975. The summed E-state index contributed by atoms with van der Waals surface area (Å²) in [6.07, 6.45) is -2.92. The van der Waals surface area contributed by atoms with E-state index in [1.165, 1.54) is 18.2 Å². The Labute approximate surface area is 194 Å². The number of hydrogen-bond acceptors (Lipinski definition) is 4. The van der Waals surface area contributed by atoms with Crippen LogP contribution in [-0.4, -0.2) is 10.8 Å². The van der Waals surface area contributed by atoms with Gasteiger partial charge in [0.2, 0.25) is 0 Å². The van der Waals surface area contributed by atoms with Crippen LogP contribution in [0.1, 0.15) is 22.3 Å². The molecule has 1 aliphatic rings. The van der Waals surface area contributed by atoms with Crippen molar-refractivity contribution in [1.82, 2.24) is 0 Å². The third-order valence-corrected chi connectivity index (χ3v) is 5.56. The van der Waals surface area contributed by atoms with Gasteiger partial charge in [0.1, 0.15) is 12.4 Å². The van der Waals surface area contributed by atoms with Crippen molar-refractivity contribution >= 4 is 44.9 Å². The fourth-order valence-corrected chi connectivity index (χ4v) is 3.79. The molecule has 1 aliphatic heterocycles. The third kappa shape index (κ3) is 4.90. The highest BCUT2D eigenvalue weighted by atomic mass is 79.9. The van der Waals surface area contributed by atoms with Gasteiger partial charge in [0.25, 0.3) is 11.6 Å². The molecule has 3 aromatic carbocycles. The van der Waals surface area contributed by atoms with Crippen molar-refractivity contribution < 1.29 is 27.6 Å². The van der Waals surface area contributed by atoms with E-state index in [2.05, 4.69) is 21.2 Å². The highest BCUT2D eigenvalue weighted by Crippen LogP contribution is 2.39. The van der Waals surface area contributed by atoms with Crippen molar-refractivity contribution in [2.45, 2.75) is 12.8 Å². The van der Waals surface area contributed by atoms with Crippen molar-refractivity contribution in [3.8, 4) is 5.75 Å². The molecular weight excluding hydrogens is 505 g/mol. The van der Waals surface area contributed by atoms with E-state index in [-0.39, 0.29) is 23.6 Å². The molecule has 0 spiro atoms. The SMILES string of the molecule is O=C1Nc2cc(C(F)(F)F)ccc2/C1=C/c1ccc(OCc2ccc([N+](=O)[O-])cc2)c(Br)c1. The molecule has 1 amide bonds. The number of carbonyl (C=O) groups is 1. The Kier molecular flexibility index (Phi) is 5.94. The number of anilines is 1. The van der Waals surface area contributed by atoms with Crippen molar-refractivity contribution in [2.24, 2.45) is 0 Å². The third-order valence-electron chi connectivity index (χ3n) is 4.94. The van der Waals surface area contributed by atoms with Gasteiger partial charge in [-0.05, 0) is 69.5 Å². The number of rotatable bonds is 5. The van der Waals surface area contributed by atoms with Crippen LogP contribution in [0.15, 0.2) is 65.1 Å². The quantitative estimate of drug-likeness (QED) is 0.239. The van der Waals surface area contributed by atoms with Crippen LogP contribution in [0.2, 0.25) is 0 Å². The number of benzene rings is 3. The summed E-state index contributed by atoms with van der Waals surface area (Å²) in [6.45, 7) is 0.189. The molecule has 0 aliphatic carbocycles. The molecule has 1 heterocycles. The van der Waals surface area contributed by atoms with Crippen LogP contribution in [0.25, 0.3) is 11.6 Å². The van der Waals surface area contributed by atoms with E-state index >= 15 is 0 Å². The molecular formula is C23H14BrF3N2O4. The Morgan fingerprint density at radius 1 is 1.06 bits per heavy atom. The predicted octanol–water partition coefficient (Wildman–Crippen LogP) is 6.45. The highest BCUT2D eigenvalue weighted by molar-refractivity contribution is 9.10. The first-order valence-electron chi connectivity index (χ1n) is 9.52. The van der Waals surface area contributed by atoms with E-state index in [0.717, 1.165) is 17.7 Å². The second-order valence-electron chi connectivity index (χ2n) is 7.17. The summed E-state index contributed by atoms with van der Waals surface area (Å²) in [6, 6.07) is 14.2. The van der Waals surface area contributed by atoms with Crippen LogP contribution in [-0.2, 0) is 17.6 Å². The van der Waals surface area contributed by atoms with Gasteiger partial charge in [0.05, 0.1) is 15.0 Å². The maximum Gasteiger partial charge on any atom is 0.416 e. The summed E-state index contributed by atoms with van der Waals surface area (Å²) in [7, 11) is 0. The van der Waals surface area contributed by atoms with Crippen molar-refractivity contribution in [1.29, 1.82) is 0 Å². The van der Waals surface area contributed by atoms with E-state index in [1.54, 1.807) is 36.4 Å². The number of fused-ring (bicyclic) bond motifs is 1. The average molecular weight is 519 g/mol. The summed E-state index contributed by atoms with van der Waals surface area (Å²) >= 11 is 3.41. The summed E-state index contributed by atoms with van der Waals surface area (Å²) in [5.41, 5.74) is 1.30. The minimum Gasteiger partial charge on any atom is -0.488 e. The number of halogens is 4. The molecule has 0 bridgehead atoms. The first-order valence-corrected chi connectivity index (χ1v) is 10.3. The number of alkyl halides is 3. The van der Waals surface area contributed by atoms with Gasteiger partial charge in [-0.1, -0.05) is 12.1 Å². The molecule has 0 atom stereocenters. The molecule has 168 valence electrons. The van der Waals surface area contributed by atoms with Gasteiger partial charge in [0, 0.05) is 29.0 Å². The van der Waals surface area contributed by atoms with Gasteiger partial charge in [0.15, 0.2) is 0 Å². The van der Waals surface area contributed by atoms with Crippen molar-refractivity contribution in [2.75, 3.05) is 5.32 Å². The molecule has 1 N–H and O–H groups in total. The molecule has 33 heavy (non-hydrogen) atoms. The van der Waals surface area contributed by atoms with Crippen LogP contribution in [0, 0.1) is 10.1 Å². The van der Waals surface area contributed by atoms with Gasteiger partial charge >= 0.3 is 6.18 Å². The number of nitrogens with one attached hydrogen (secondary N) is 1. The number of amides is 1. The van der Waals surface area contributed by atoms with Gasteiger partial charge in [-0.3, -0.25) is 14.9 Å². The standard InChI is InChI=1S/C23H14BrF3N2O4/c24-19-10-14(3-8-21(19)33-12-13-1-5-16(6-2-13)29(31)32)9-18-17-7-4-15(23(25,26)27)11-20(17)28-22(18)30/h1-11H,12H2,(H,28,30)/b18-9-. The Bertz CT molecular complexity index is 1290. The predicted molar refractivity (Wildman–Crippen MR) is 120 cm³/mol. The lowest BCUT2D eigenvalue weighted by Gasteiger charge is -2.09. The number of nitrogens with zero attached hydrogens (tertiary/aromatic N) is 1. The normalized spacial score (nSPS) is 14.2. The van der Waals surface area contributed by atoms with E-state index in [1.807, 2.05) is 0 Å². The lowest BCUT2D eigenvalue weighted by molar-refractivity contribution is -0.384. The first-order chi connectivity index (χ1) is 15.6. The Morgan fingerprint density at radius 2 is 1.79 bits per heavy atom. The van der Waals surface area contributed by atoms with Gasteiger partial charge in [-0.2, -0.15) is 13.2 Å². The molecule has 0 saturated heterocycles. The van der Waals surface area contributed by atoms with Crippen molar-refractivity contribution in [3.63, 3.8) is 0 Å². The lowest BCUT2D eigenvalue weighted by atomic mass is 10.0. The molecule has 4 rings (SSSR count). The Balaban J connectivity index is 1.51. The number of nitro benzene ring substituents is 1. The average Bonchev–Trinajstić information content (AvgIpc) is 3.07. The number of nitro groups is 1. The largest absolute Gasteiger partial charge is 0.488 e. The molecule has 0 unspecified atom stereocenters. The van der Waals surface area contributed by atoms with Gasteiger partial charge < -0.3 is 10.1 Å². The zero-order chi connectivity index (χ0) is 23.8. The lowest BCUT2D eigenvalue weighted by Crippen LogP contribution is -2.06. The first kappa shape index (κ1) is 22.5. The van der Waals surface area contributed by atoms with Crippen molar-refractivity contribution in [3.05, 3.63) is 97.5 Å². The Hall–Kier alpha value is -3.66. The van der Waals surface area contributed by atoms with E-state index in [4.69, 9.17) is 4.74 Å². The second kappa shape index (κ2) is 8.70. The zero-order valence-corrected chi connectivity index (χ0v) is 18.2. The second-order valence-corrected chi connectivity index (χ2v) is 8.03. The fourth-order valence-electron chi connectivity index (χ4n) is 3.28. The highest BCUT2D eigenvalue weighted by Gasteiger charge is 2.33. The molecule has 0 fully saturated rings. The molecule has 0 aromatic heterocycles. The fraction of sp³-hybridized carbons (Fsp3) is 0.0870. The molecule has 0 saturated carbocycles. The zero-order valence-electron chi connectivity index (χ0n) is 16.7. The molecule has 10 heteroatoms. The van der Waals surface area contributed by atoms with Gasteiger partial charge in [-0.15, -0.1) is 0 Å². The summed E-state index contributed by atoms with van der Waals surface area (Å²) < 4.78 is 45.1. The summed E-state index contributed by atoms with van der Waals surface area (Å²) in [4.78, 5) is 22.6. The number of hydrogen-bond donors (Lipinski definition) is 1. The number of ether oxygens (including phenoxy) is 1. The maximum atomic E-state index is 12.9. The van der Waals surface area contributed by atoms with Crippen LogP contribution in [0.3, 0.4) is 0 Å². The smallest absolute Gasteiger partial charge is 0.416 e. The van der Waals surface area contributed by atoms with Gasteiger partial charge in [-0.25, -0.2) is 0 Å². The van der Waals surface area contributed by atoms with Crippen LogP contribution >= 0.6 is 15.9 Å². The van der Waals surface area contributed by atoms with Crippen LogP contribution in [0.5, 0.6) is 5.75 Å². The summed E-state index contributed by atoms with van der Waals surface area (Å²) in [5, 5.41) is 13.2. The molecule has 0 radical (unpaired) electrons. The van der Waals surface area contributed by atoms with Crippen LogP contribution in [0.4, 0.5) is 24.5 Å². The number of carbonyl (C=O) groups excluding carboxylic acids is 1. The summed E-state index contributed by atoms with van der Waals surface area (Å²) in [5.74, 6) is 0.0283. The number of non-ortho nitro benzene ring substituents is 1. The van der Waals surface area contributed by atoms with Crippen LogP contribution < -0.4 is 10.1 Å². The maximum absolute atomic E-state index is 12.9. The van der Waals surface area contributed by atoms with E-state index in [9.17, 15) is 28.1 Å². The van der Waals surface area contributed by atoms with E-state index < -0.39 is 22.6 Å². The monoisotopic (exact) mass is 518 g/mol. The Morgan fingerprint density at radius 3 is 2.42 bits per heavy atom. The topological polar surface area (TPSA) is 81.5 Å². The molecule has 6 nitrogen and oxygen atoms in total. The molecule has 3 aromatic rings. The van der Waals surface area contributed by atoms with E-state index in [0.29, 0.717) is 21.3 Å².